The summed E-state index contributed by atoms with van der Waals surface area (Å²) >= 11 is 0. The van der Waals surface area contributed by atoms with Gasteiger partial charge < -0.3 is 15.2 Å². The van der Waals surface area contributed by atoms with Crippen molar-refractivity contribution >= 4 is 17.8 Å². The largest absolute Gasteiger partial charge is 0.464 e. The first-order valence-corrected chi connectivity index (χ1v) is 5.36. The van der Waals surface area contributed by atoms with E-state index in [1.54, 1.807) is 20.8 Å². The molecule has 1 heterocycles. The standard InChI is InChI=1S/C11H17N3O4/c1-11(2,3)18-9(15)6-14-7(10(16)17-4)5-8(12)13-14/h5H,6H2,1-4H3,(H2,12,13). The van der Waals surface area contributed by atoms with Crippen LogP contribution in [0.15, 0.2) is 6.07 Å². The second-order valence-electron chi connectivity index (χ2n) is 4.69. The predicted octanol–water partition coefficient (Wildman–Crippen LogP) is 0.594. The molecule has 0 amide bonds. The lowest BCUT2D eigenvalue weighted by Crippen LogP contribution is -2.28. The SMILES string of the molecule is COC(=O)c1cc(N)nn1CC(=O)OC(C)(C)C. The van der Waals surface area contributed by atoms with Crippen LogP contribution in [0.25, 0.3) is 0 Å². The molecule has 2 N–H and O–H groups in total. The molecule has 0 atom stereocenters. The molecule has 0 aliphatic rings. The van der Waals surface area contributed by atoms with Crippen molar-refractivity contribution in [3.8, 4) is 0 Å². The summed E-state index contributed by atoms with van der Waals surface area (Å²) in [6.45, 7) is 5.07. The van der Waals surface area contributed by atoms with Gasteiger partial charge in [0.05, 0.1) is 7.11 Å². The van der Waals surface area contributed by atoms with Crippen molar-refractivity contribution in [3.05, 3.63) is 11.8 Å². The van der Waals surface area contributed by atoms with E-state index < -0.39 is 17.5 Å². The molecular formula is C11H17N3O4. The predicted molar refractivity (Wildman–Crippen MR) is 63.8 cm³/mol. The van der Waals surface area contributed by atoms with Crippen LogP contribution in [-0.4, -0.2) is 34.4 Å². The average Bonchev–Trinajstić information content (AvgIpc) is 2.55. The molecule has 7 heteroatoms. The van der Waals surface area contributed by atoms with Crippen molar-refractivity contribution in [1.82, 2.24) is 9.78 Å². The molecule has 0 bridgehead atoms. The number of hydrogen-bond acceptors (Lipinski definition) is 6. The molecule has 0 saturated heterocycles. The van der Waals surface area contributed by atoms with E-state index in [0.29, 0.717) is 0 Å². The molecular weight excluding hydrogens is 238 g/mol. The van der Waals surface area contributed by atoms with Crippen molar-refractivity contribution in [1.29, 1.82) is 0 Å². The molecule has 0 unspecified atom stereocenters. The van der Waals surface area contributed by atoms with Crippen LogP contribution < -0.4 is 5.73 Å². The molecule has 0 aliphatic carbocycles. The molecule has 7 nitrogen and oxygen atoms in total. The third-order valence-corrected chi connectivity index (χ3v) is 1.89. The van der Waals surface area contributed by atoms with E-state index in [4.69, 9.17) is 10.5 Å². The van der Waals surface area contributed by atoms with Crippen LogP contribution in [0.3, 0.4) is 0 Å². The van der Waals surface area contributed by atoms with Crippen LogP contribution in [0.1, 0.15) is 31.3 Å². The maximum absolute atomic E-state index is 11.6. The zero-order chi connectivity index (χ0) is 13.9. The minimum Gasteiger partial charge on any atom is -0.464 e. The summed E-state index contributed by atoms with van der Waals surface area (Å²) in [5.74, 6) is -0.975. The number of anilines is 1. The second kappa shape index (κ2) is 5.07. The number of ether oxygens (including phenoxy) is 2. The first-order valence-electron chi connectivity index (χ1n) is 5.36. The summed E-state index contributed by atoms with van der Waals surface area (Å²) in [4.78, 5) is 23.0. The molecule has 0 aromatic carbocycles. The highest BCUT2D eigenvalue weighted by Gasteiger charge is 2.21. The first kappa shape index (κ1) is 14.0. The molecule has 1 rings (SSSR count). The molecule has 0 fully saturated rings. The average molecular weight is 255 g/mol. The fraction of sp³-hybridized carbons (Fsp3) is 0.545. The number of carbonyl (C=O) groups excluding carboxylic acids is 2. The van der Waals surface area contributed by atoms with Gasteiger partial charge in [0.2, 0.25) is 0 Å². The maximum atomic E-state index is 11.6. The monoisotopic (exact) mass is 255 g/mol. The van der Waals surface area contributed by atoms with E-state index in [0.717, 1.165) is 4.68 Å². The van der Waals surface area contributed by atoms with Crippen LogP contribution in [0.4, 0.5) is 5.82 Å². The summed E-state index contributed by atoms with van der Waals surface area (Å²) in [6, 6.07) is 1.34. The van der Waals surface area contributed by atoms with Crippen molar-refractivity contribution in [2.45, 2.75) is 32.9 Å². The highest BCUT2D eigenvalue weighted by Crippen LogP contribution is 2.11. The Hall–Kier alpha value is -2.05. The van der Waals surface area contributed by atoms with E-state index in [1.807, 2.05) is 0 Å². The summed E-state index contributed by atoms with van der Waals surface area (Å²) in [5.41, 5.74) is 5.00. The quantitative estimate of drug-likeness (QED) is 0.794. The van der Waals surface area contributed by atoms with Gasteiger partial charge in [-0.05, 0) is 20.8 Å². The van der Waals surface area contributed by atoms with E-state index in [9.17, 15) is 9.59 Å². The highest BCUT2D eigenvalue weighted by atomic mass is 16.6. The molecule has 0 spiro atoms. The molecule has 1 aromatic heterocycles. The lowest BCUT2D eigenvalue weighted by molar-refractivity contribution is -0.155. The van der Waals surface area contributed by atoms with Gasteiger partial charge in [-0.15, -0.1) is 0 Å². The highest BCUT2D eigenvalue weighted by molar-refractivity contribution is 5.88. The van der Waals surface area contributed by atoms with Crippen molar-refractivity contribution in [2.75, 3.05) is 12.8 Å². The fourth-order valence-electron chi connectivity index (χ4n) is 1.32. The molecule has 1 aromatic rings. The lowest BCUT2D eigenvalue weighted by Gasteiger charge is -2.19. The van der Waals surface area contributed by atoms with E-state index in [-0.39, 0.29) is 18.1 Å². The van der Waals surface area contributed by atoms with Crippen LogP contribution in [0.5, 0.6) is 0 Å². The molecule has 18 heavy (non-hydrogen) atoms. The maximum Gasteiger partial charge on any atom is 0.356 e. The number of methoxy groups -OCH3 is 1. The number of nitrogens with two attached hydrogens (primary N) is 1. The molecule has 100 valence electrons. The van der Waals surface area contributed by atoms with Crippen LogP contribution >= 0.6 is 0 Å². The first-order chi connectivity index (χ1) is 8.23. The van der Waals surface area contributed by atoms with Gasteiger partial charge in [-0.2, -0.15) is 5.10 Å². The Balaban J connectivity index is 2.84. The topological polar surface area (TPSA) is 96.4 Å². The Bertz CT molecular complexity index is 459. The van der Waals surface area contributed by atoms with Gasteiger partial charge in [0.15, 0.2) is 0 Å². The Kier molecular flexibility index (Phi) is 3.95. The van der Waals surface area contributed by atoms with Crippen LogP contribution in [0, 0.1) is 0 Å². The Labute approximate surface area is 105 Å². The van der Waals surface area contributed by atoms with Crippen LogP contribution in [0.2, 0.25) is 0 Å². The number of aromatic nitrogens is 2. The lowest BCUT2D eigenvalue weighted by atomic mass is 10.2. The number of esters is 2. The summed E-state index contributed by atoms with van der Waals surface area (Å²) in [7, 11) is 1.24. The minimum atomic E-state index is -0.609. The third kappa shape index (κ3) is 3.76. The fourth-order valence-corrected chi connectivity index (χ4v) is 1.32. The van der Waals surface area contributed by atoms with Gasteiger partial charge >= 0.3 is 11.9 Å². The van der Waals surface area contributed by atoms with Gasteiger partial charge in [-0.25, -0.2) is 9.48 Å². The number of nitrogen functional groups attached to an aromatic ring is 1. The van der Waals surface area contributed by atoms with E-state index in [1.165, 1.54) is 13.2 Å². The normalized spacial score (nSPS) is 11.1. The minimum absolute atomic E-state index is 0.112. The summed E-state index contributed by atoms with van der Waals surface area (Å²) in [5, 5.41) is 3.84. The zero-order valence-electron chi connectivity index (χ0n) is 10.9. The third-order valence-electron chi connectivity index (χ3n) is 1.89. The van der Waals surface area contributed by atoms with Crippen molar-refractivity contribution in [2.24, 2.45) is 0 Å². The Morgan fingerprint density at radius 1 is 1.44 bits per heavy atom. The van der Waals surface area contributed by atoms with Crippen molar-refractivity contribution < 1.29 is 19.1 Å². The molecule has 0 radical (unpaired) electrons. The molecule has 0 saturated carbocycles. The van der Waals surface area contributed by atoms with Gasteiger partial charge in [-0.3, -0.25) is 4.79 Å². The van der Waals surface area contributed by atoms with E-state index in [2.05, 4.69) is 9.84 Å². The van der Waals surface area contributed by atoms with Crippen LogP contribution in [-0.2, 0) is 20.8 Å². The smallest absolute Gasteiger partial charge is 0.356 e. The van der Waals surface area contributed by atoms with Gasteiger partial charge in [0.1, 0.15) is 23.7 Å². The number of hydrogen-bond donors (Lipinski definition) is 1. The van der Waals surface area contributed by atoms with Crippen molar-refractivity contribution in [3.63, 3.8) is 0 Å². The van der Waals surface area contributed by atoms with Gasteiger partial charge in [-0.1, -0.05) is 0 Å². The Morgan fingerprint density at radius 2 is 2.06 bits per heavy atom. The summed E-state index contributed by atoms with van der Waals surface area (Å²) < 4.78 is 10.9. The second-order valence-corrected chi connectivity index (χ2v) is 4.69. The zero-order valence-corrected chi connectivity index (χ0v) is 10.9. The number of rotatable bonds is 3. The number of nitrogens with zero attached hydrogens (tertiary/aromatic N) is 2. The Morgan fingerprint density at radius 3 is 2.56 bits per heavy atom. The van der Waals surface area contributed by atoms with E-state index >= 15 is 0 Å². The molecule has 0 aliphatic heterocycles. The summed E-state index contributed by atoms with van der Waals surface area (Å²) in [6.07, 6.45) is 0. The van der Waals surface area contributed by atoms with Gasteiger partial charge in [0.25, 0.3) is 0 Å². The van der Waals surface area contributed by atoms with Gasteiger partial charge in [0, 0.05) is 6.07 Å². The number of carbonyl (C=O) groups is 2.